The van der Waals surface area contributed by atoms with Gasteiger partial charge >= 0.3 is 0 Å². The molecule has 0 bridgehead atoms. The topological polar surface area (TPSA) is 45.0 Å². The van der Waals surface area contributed by atoms with E-state index >= 15 is 0 Å². The van der Waals surface area contributed by atoms with Crippen molar-refractivity contribution in [2.75, 3.05) is 12.4 Å². The highest BCUT2D eigenvalue weighted by Gasteiger charge is 2.09. The average Bonchev–Trinajstić information content (AvgIpc) is 2.46. The quantitative estimate of drug-likeness (QED) is 0.916. The first-order chi connectivity index (χ1) is 9.65. The summed E-state index contributed by atoms with van der Waals surface area (Å²) < 4.78 is 19.0. The summed E-state index contributed by atoms with van der Waals surface area (Å²) >= 11 is 3.32. The van der Waals surface area contributed by atoms with Crippen molar-refractivity contribution in [2.24, 2.45) is 0 Å². The van der Waals surface area contributed by atoms with Gasteiger partial charge in [-0.15, -0.1) is 0 Å². The van der Waals surface area contributed by atoms with Crippen molar-refractivity contribution < 1.29 is 9.13 Å². The van der Waals surface area contributed by atoms with E-state index in [4.69, 9.17) is 10.00 Å². The largest absolute Gasteiger partial charge is 0.495 e. The van der Waals surface area contributed by atoms with Crippen molar-refractivity contribution in [3.05, 3.63) is 57.8 Å². The number of anilines is 1. The summed E-state index contributed by atoms with van der Waals surface area (Å²) in [6, 6.07) is 11.9. The number of hydrogen-bond donors (Lipinski definition) is 1. The fourth-order valence-corrected chi connectivity index (χ4v) is 2.32. The predicted octanol–water partition coefficient (Wildman–Crippen LogP) is 4.08. The second kappa shape index (κ2) is 6.40. The monoisotopic (exact) mass is 334 g/mol. The van der Waals surface area contributed by atoms with E-state index in [1.165, 1.54) is 12.1 Å². The molecule has 0 aromatic heterocycles. The molecule has 0 aliphatic heterocycles. The van der Waals surface area contributed by atoms with E-state index < -0.39 is 0 Å². The summed E-state index contributed by atoms with van der Waals surface area (Å²) in [6.07, 6.45) is 0. The van der Waals surface area contributed by atoms with E-state index in [1.807, 2.05) is 0 Å². The number of hydrogen-bond acceptors (Lipinski definition) is 3. The highest BCUT2D eigenvalue weighted by atomic mass is 79.9. The summed E-state index contributed by atoms with van der Waals surface area (Å²) in [6.45, 7) is 0.454. The highest BCUT2D eigenvalue weighted by molar-refractivity contribution is 9.10. The zero-order valence-electron chi connectivity index (χ0n) is 10.8. The zero-order valence-corrected chi connectivity index (χ0v) is 12.4. The molecule has 0 fully saturated rings. The third-order valence-electron chi connectivity index (χ3n) is 2.84. The Bertz CT molecular complexity index is 667. The van der Waals surface area contributed by atoms with Crippen LogP contribution in [-0.4, -0.2) is 7.11 Å². The van der Waals surface area contributed by atoms with Crippen LogP contribution < -0.4 is 10.1 Å². The van der Waals surface area contributed by atoms with Gasteiger partial charge in [-0.1, -0.05) is 28.1 Å². The Labute approximate surface area is 125 Å². The number of methoxy groups -OCH3 is 1. The molecule has 0 amide bonds. The molecule has 2 rings (SSSR count). The fraction of sp³-hybridized carbons (Fsp3) is 0.133. The minimum absolute atomic E-state index is 0.296. The molecular formula is C15H12BrFN2O. The molecular weight excluding hydrogens is 323 g/mol. The summed E-state index contributed by atoms with van der Waals surface area (Å²) in [5.74, 6) is 0.304. The van der Waals surface area contributed by atoms with E-state index in [1.54, 1.807) is 31.4 Å². The lowest BCUT2D eigenvalue weighted by Gasteiger charge is -2.13. The van der Waals surface area contributed by atoms with Crippen LogP contribution >= 0.6 is 15.9 Å². The second-order valence-electron chi connectivity index (χ2n) is 4.08. The SMILES string of the molecule is COc1cccc(C#N)c1NCc1ccc(F)cc1Br. The van der Waals surface area contributed by atoms with E-state index in [0.29, 0.717) is 28.0 Å². The van der Waals surface area contributed by atoms with Gasteiger partial charge in [0.2, 0.25) is 0 Å². The summed E-state index contributed by atoms with van der Waals surface area (Å²) in [4.78, 5) is 0. The Hall–Kier alpha value is -2.06. The number of para-hydroxylation sites is 1. The molecule has 0 aliphatic rings. The van der Waals surface area contributed by atoms with Gasteiger partial charge in [0.05, 0.1) is 18.4 Å². The van der Waals surface area contributed by atoms with Gasteiger partial charge in [0.1, 0.15) is 17.6 Å². The third-order valence-corrected chi connectivity index (χ3v) is 3.58. The number of benzene rings is 2. The molecule has 2 aromatic rings. The Balaban J connectivity index is 2.25. The smallest absolute Gasteiger partial charge is 0.143 e. The van der Waals surface area contributed by atoms with Gasteiger partial charge in [-0.05, 0) is 29.8 Å². The van der Waals surface area contributed by atoms with Gasteiger partial charge in [0, 0.05) is 11.0 Å². The highest BCUT2D eigenvalue weighted by Crippen LogP contribution is 2.29. The zero-order chi connectivity index (χ0) is 14.5. The van der Waals surface area contributed by atoms with Crippen LogP contribution in [-0.2, 0) is 6.54 Å². The summed E-state index contributed by atoms with van der Waals surface area (Å²) in [5.41, 5.74) is 2.03. The average molecular weight is 335 g/mol. The van der Waals surface area contributed by atoms with E-state index in [2.05, 4.69) is 27.3 Å². The van der Waals surface area contributed by atoms with Crippen molar-refractivity contribution in [2.45, 2.75) is 6.54 Å². The van der Waals surface area contributed by atoms with Gasteiger partial charge in [0.15, 0.2) is 0 Å². The van der Waals surface area contributed by atoms with E-state index in [9.17, 15) is 4.39 Å². The molecule has 0 heterocycles. The minimum atomic E-state index is -0.296. The van der Waals surface area contributed by atoms with Gasteiger partial charge < -0.3 is 10.1 Å². The van der Waals surface area contributed by atoms with E-state index in [-0.39, 0.29) is 5.82 Å². The standard InChI is InChI=1S/C15H12BrFN2O/c1-20-14-4-2-3-10(8-18)15(14)19-9-11-5-6-12(17)7-13(11)16/h2-7,19H,9H2,1H3. The maximum absolute atomic E-state index is 13.0. The molecule has 0 saturated heterocycles. The minimum Gasteiger partial charge on any atom is -0.495 e. The van der Waals surface area contributed by atoms with Crippen molar-refractivity contribution >= 4 is 21.6 Å². The molecule has 5 heteroatoms. The van der Waals surface area contributed by atoms with Crippen LogP contribution in [0, 0.1) is 17.1 Å². The Morgan fingerprint density at radius 1 is 1.35 bits per heavy atom. The van der Waals surface area contributed by atoms with Crippen molar-refractivity contribution in [3.8, 4) is 11.8 Å². The Morgan fingerprint density at radius 2 is 2.15 bits per heavy atom. The Morgan fingerprint density at radius 3 is 2.80 bits per heavy atom. The maximum Gasteiger partial charge on any atom is 0.143 e. The lowest BCUT2D eigenvalue weighted by molar-refractivity contribution is 0.416. The summed E-state index contributed by atoms with van der Waals surface area (Å²) in [7, 11) is 1.55. The molecule has 0 unspecified atom stereocenters. The van der Waals surface area contributed by atoms with Gasteiger partial charge in [0.25, 0.3) is 0 Å². The van der Waals surface area contributed by atoms with Crippen LogP contribution in [0.3, 0.4) is 0 Å². The van der Waals surface area contributed by atoms with Crippen LogP contribution in [0.25, 0.3) is 0 Å². The van der Waals surface area contributed by atoms with Crippen molar-refractivity contribution in [1.29, 1.82) is 5.26 Å². The molecule has 3 nitrogen and oxygen atoms in total. The number of ether oxygens (including phenoxy) is 1. The number of rotatable bonds is 4. The van der Waals surface area contributed by atoms with Gasteiger partial charge in [-0.2, -0.15) is 5.26 Å². The second-order valence-corrected chi connectivity index (χ2v) is 4.94. The normalized spacial score (nSPS) is 9.90. The lowest BCUT2D eigenvalue weighted by atomic mass is 10.1. The van der Waals surface area contributed by atoms with Crippen LogP contribution in [0.1, 0.15) is 11.1 Å². The molecule has 0 saturated carbocycles. The maximum atomic E-state index is 13.0. The first kappa shape index (κ1) is 14.4. The molecule has 2 aromatic carbocycles. The van der Waals surface area contributed by atoms with Crippen molar-refractivity contribution in [3.63, 3.8) is 0 Å². The molecule has 102 valence electrons. The first-order valence-corrected chi connectivity index (χ1v) is 6.70. The molecule has 0 aliphatic carbocycles. The number of nitrogens with one attached hydrogen (secondary N) is 1. The molecule has 0 spiro atoms. The molecule has 0 atom stereocenters. The van der Waals surface area contributed by atoms with Gasteiger partial charge in [-0.25, -0.2) is 4.39 Å². The lowest BCUT2D eigenvalue weighted by Crippen LogP contribution is -2.04. The number of nitriles is 1. The Kier molecular flexibility index (Phi) is 4.59. The summed E-state index contributed by atoms with van der Waals surface area (Å²) in [5, 5.41) is 12.3. The van der Waals surface area contributed by atoms with Crippen LogP contribution in [0.5, 0.6) is 5.75 Å². The first-order valence-electron chi connectivity index (χ1n) is 5.90. The van der Waals surface area contributed by atoms with Crippen LogP contribution in [0.4, 0.5) is 10.1 Å². The van der Waals surface area contributed by atoms with E-state index in [0.717, 1.165) is 5.56 Å². The molecule has 0 radical (unpaired) electrons. The van der Waals surface area contributed by atoms with Crippen LogP contribution in [0.2, 0.25) is 0 Å². The fourth-order valence-electron chi connectivity index (χ4n) is 1.83. The molecule has 20 heavy (non-hydrogen) atoms. The number of halogens is 2. The third kappa shape index (κ3) is 3.09. The van der Waals surface area contributed by atoms with Gasteiger partial charge in [-0.3, -0.25) is 0 Å². The number of nitrogens with zero attached hydrogens (tertiary/aromatic N) is 1. The van der Waals surface area contributed by atoms with Crippen molar-refractivity contribution in [1.82, 2.24) is 0 Å². The molecule has 1 N–H and O–H groups in total. The predicted molar refractivity (Wildman–Crippen MR) is 79.1 cm³/mol. The van der Waals surface area contributed by atoms with Crippen LogP contribution in [0.15, 0.2) is 40.9 Å².